The molecule has 0 aromatic heterocycles. The highest BCUT2D eigenvalue weighted by atomic mass is 16.6. The minimum absolute atomic E-state index is 0.0673. The van der Waals surface area contributed by atoms with Crippen molar-refractivity contribution in [1.82, 2.24) is 10.4 Å². The number of hydrogen-bond donors (Lipinski definition) is 1. The van der Waals surface area contributed by atoms with E-state index in [9.17, 15) is 4.79 Å². The van der Waals surface area contributed by atoms with Gasteiger partial charge in [-0.25, -0.2) is 15.2 Å². The number of ether oxygens (including phenoxy) is 1. The lowest BCUT2D eigenvalue weighted by atomic mass is 10.0. The van der Waals surface area contributed by atoms with Crippen molar-refractivity contribution in [1.29, 1.82) is 0 Å². The van der Waals surface area contributed by atoms with Crippen LogP contribution in [0.4, 0.5) is 4.79 Å². The summed E-state index contributed by atoms with van der Waals surface area (Å²) in [5.41, 5.74) is 4.57. The molecule has 1 saturated heterocycles. The van der Waals surface area contributed by atoms with Crippen molar-refractivity contribution < 1.29 is 9.53 Å². The molecule has 1 aliphatic rings. The predicted molar refractivity (Wildman–Crippen MR) is 79.2 cm³/mol. The van der Waals surface area contributed by atoms with E-state index in [2.05, 4.69) is 38.3 Å². The van der Waals surface area contributed by atoms with Gasteiger partial charge in [-0.05, 0) is 24.3 Å². The second-order valence-electron chi connectivity index (χ2n) is 5.68. The summed E-state index contributed by atoms with van der Waals surface area (Å²) in [5.74, 6) is 0.478. The molecule has 1 amide bonds. The fourth-order valence-electron chi connectivity index (χ4n) is 2.55. The molecule has 2 atom stereocenters. The van der Waals surface area contributed by atoms with Gasteiger partial charge in [-0.3, -0.25) is 0 Å². The van der Waals surface area contributed by atoms with Gasteiger partial charge in [-0.2, -0.15) is 0 Å². The van der Waals surface area contributed by atoms with Crippen LogP contribution in [-0.4, -0.2) is 29.8 Å². The van der Waals surface area contributed by atoms with Gasteiger partial charge < -0.3 is 4.74 Å². The van der Waals surface area contributed by atoms with E-state index >= 15 is 0 Å². The maximum atomic E-state index is 11.9. The first-order valence-corrected chi connectivity index (χ1v) is 7.38. The monoisotopic (exact) mass is 276 g/mol. The highest BCUT2D eigenvalue weighted by Crippen LogP contribution is 2.17. The summed E-state index contributed by atoms with van der Waals surface area (Å²) < 4.78 is 5.20. The van der Waals surface area contributed by atoms with Gasteiger partial charge in [0.05, 0.1) is 6.04 Å². The highest BCUT2D eigenvalue weighted by Gasteiger charge is 2.34. The molecule has 0 saturated carbocycles. The number of nitrogens with one attached hydrogen (secondary N) is 1. The normalized spacial score (nSPS) is 20.3. The molecule has 1 aromatic carbocycles. The maximum Gasteiger partial charge on any atom is 0.424 e. The number of nitrogens with zero attached hydrogens (tertiary/aromatic N) is 1. The van der Waals surface area contributed by atoms with Crippen molar-refractivity contribution in [3.8, 4) is 0 Å². The average molecular weight is 276 g/mol. The van der Waals surface area contributed by atoms with Crippen molar-refractivity contribution in [3.63, 3.8) is 0 Å². The lowest BCUT2D eigenvalue weighted by Gasteiger charge is -2.29. The number of hydrogen-bond acceptors (Lipinski definition) is 3. The molecule has 1 aliphatic heterocycles. The van der Waals surface area contributed by atoms with E-state index in [1.165, 1.54) is 5.56 Å². The fraction of sp³-hybridized carbons (Fsp3) is 0.562. The summed E-state index contributed by atoms with van der Waals surface area (Å²) in [7, 11) is 0. The zero-order chi connectivity index (χ0) is 14.5. The molecule has 1 aromatic rings. The zero-order valence-electron chi connectivity index (χ0n) is 12.5. The Labute approximate surface area is 121 Å². The van der Waals surface area contributed by atoms with Crippen LogP contribution in [0, 0.1) is 5.92 Å². The van der Waals surface area contributed by atoms with E-state index in [1.54, 1.807) is 5.01 Å². The van der Waals surface area contributed by atoms with E-state index < -0.39 is 0 Å². The van der Waals surface area contributed by atoms with Crippen LogP contribution in [0.15, 0.2) is 30.3 Å². The average Bonchev–Trinajstić information content (AvgIpc) is 2.77. The third kappa shape index (κ3) is 3.51. The van der Waals surface area contributed by atoms with E-state index in [0.717, 1.165) is 12.8 Å². The summed E-state index contributed by atoms with van der Waals surface area (Å²) in [6.45, 7) is 6.91. The Morgan fingerprint density at radius 1 is 1.35 bits per heavy atom. The lowest BCUT2D eigenvalue weighted by molar-refractivity contribution is 0.121. The quantitative estimate of drug-likeness (QED) is 0.868. The predicted octanol–water partition coefficient (Wildman–Crippen LogP) is 2.99. The van der Waals surface area contributed by atoms with Crippen molar-refractivity contribution >= 4 is 6.09 Å². The molecule has 4 nitrogen and oxygen atoms in total. The van der Waals surface area contributed by atoms with E-state index in [-0.39, 0.29) is 12.1 Å². The van der Waals surface area contributed by atoms with Crippen molar-refractivity contribution in [2.75, 3.05) is 6.61 Å². The van der Waals surface area contributed by atoms with Crippen LogP contribution in [0.1, 0.15) is 32.8 Å². The summed E-state index contributed by atoms with van der Waals surface area (Å²) in [6.07, 6.45) is 1.54. The molecule has 1 N–H and O–H groups in total. The second kappa shape index (κ2) is 6.75. The number of rotatable bonds is 6. The third-order valence-corrected chi connectivity index (χ3v) is 3.82. The molecule has 2 rings (SSSR count). The van der Waals surface area contributed by atoms with E-state index in [1.807, 2.05) is 18.2 Å². The molecule has 110 valence electrons. The molecule has 0 spiro atoms. The molecule has 1 heterocycles. The summed E-state index contributed by atoms with van der Waals surface area (Å²) in [4.78, 5) is 11.9. The number of benzene rings is 1. The number of carbonyl (C=O) groups excluding carboxylic acids is 1. The Morgan fingerprint density at radius 3 is 2.65 bits per heavy atom. The molecule has 0 aliphatic carbocycles. The number of cyclic esters (lactones) is 1. The Balaban J connectivity index is 2.03. The Morgan fingerprint density at radius 2 is 2.05 bits per heavy atom. The van der Waals surface area contributed by atoms with Crippen LogP contribution in [-0.2, 0) is 11.2 Å². The molecular weight excluding hydrogens is 252 g/mol. The van der Waals surface area contributed by atoms with E-state index in [4.69, 9.17) is 4.74 Å². The van der Waals surface area contributed by atoms with Gasteiger partial charge in [0.1, 0.15) is 6.61 Å². The van der Waals surface area contributed by atoms with Gasteiger partial charge >= 0.3 is 6.09 Å². The van der Waals surface area contributed by atoms with Gasteiger partial charge in [-0.15, -0.1) is 0 Å². The molecule has 1 fully saturated rings. The van der Waals surface area contributed by atoms with Crippen LogP contribution >= 0.6 is 0 Å². The molecular formula is C16H24N2O2. The standard InChI is InChI=1S/C16H24N2O2/c1-4-15(12(2)3)17-18-14(11-20-16(18)19)10-13-8-6-5-7-9-13/h5-9,12,14-15,17H,4,10-11H2,1-3H3/t14-,15+/m0/s1. The van der Waals surface area contributed by atoms with Crippen LogP contribution in [0.3, 0.4) is 0 Å². The smallest absolute Gasteiger partial charge is 0.424 e. The number of carbonyl (C=O) groups is 1. The first-order chi connectivity index (χ1) is 9.61. The molecule has 4 heteroatoms. The summed E-state index contributed by atoms with van der Waals surface area (Å²) >= 11 is 0. The van der Waals surface area contributed by atoms with E-state index in [0.29, 0.717) is 18.6 Å². The minimum Gasteiger partial charge on any atom is -0.446 e. The Bertz CT molecular complexity index is 433. The van der Waals surface area contributed by atoms with Gasteiger partial charge in [-0.1, -0.05) is 51.1 Å². The number of amides is 1. The Kier molecular flexibility index (Phi) is 5.01. The maximum absolute atomic E-state index is 11.9. The first-order valence-electron chi connectivity index (χ1n) is 7.38. The fourth-order valence-corrected chi connectivity index (χ4v) is 2.55. The topological polar surface area (TPSA) is 41.6 Å². The number of hydrazine groups is 1. The van der Waals surface area contributed by atoms with Gasteiger partial charge in [0.25, 0.3) is 0 Å². The SMILES string of the molecule is CC[C@@H](NN1C(=O)OC[C@@H]1Cc1ccccc1)C(C)C. The first kappa shape index (κ1) is 14.9. The van der Waals surface area contributed by atoms with Gasteiger partial charge in [0.15, 0.2) is 0 Å². The molecule has 0 unspecified atom stereocenters. The van der Waals surface area contributed by atoms with Crippen LogP contribution in [0.2, 0.25) is 0 Å². The largest absolute Gasteiger partial charge is 0.446 e. The van der Waals surface area contributed by atoms with Crippen molar-refractivity contribution in [2.45, 2.75) is 45.7 Å². The minimum atomic E-state index is -0.259. The van der Waals surface area contributed by atoms with Crippen molar-refractivity contribution in [3.05, 3.63) is 35.9 Å². The van der Waals surface area contributed by atoms with Crippen LogP contribution in [0.25, 0.3) is 0 Å². The Hall–Kier alpha value is -1.55. The molecule has 20 heavy (non-hydrogen) atoms. The molecule has 0 radical (unpaired) electrons. The van der Waals surface area contributed by atoms with Gasteiger partial charge in [0.2, 0.25) is 0 Å². The molecule has 0 bridgehead atoms. The lowest BCUT2D eigenvalue weighted by Crippen LogP contribution is -2.51. The van der Waals surface area contributed by atoms with Gasteiger partial charge in [0, 0.05) is 6.04 Å². The highest BCUT2D eigenvalue weighted by molar-refractivity contribution is 5.69. The zero-order valence-corrected chi connectivity index (χ0v) is 12.5. The second-order valence-corrected chi connectivity index (χ2v) is 5.68. The summed E-state index contributed by atoms with van der Waals surface area (Å²) in [5, 5.41) is 1.68. The third-order valence-electron chi connectivity index (χ3n) is 3.82. The van der Waals surface area contributed by atoms with Crippen molar-refractivity contribution in [2.24, 2.45) is 5.92 Å². The summed E-state index contributed by atoms with van der Waals surface area (Å²) in [6, 6.07) is 10.6. The van der Waals surface area contributed by atoms with Crippen LogP contribution < -0.4 is 5.43 Å². The van der Waals surface area contributed by atoms with Crippen LogP contribution in [0.5, 0.6) is 0 Å².